The number of aliphatic imine (C=N–C) groups is 1. The quantitative estimate of drug-likeness (QED) is 0.762. The molecule has 28 heavy (non-hydrogen) atoms. The summed E-state index contributed by atoms with van der Waals surface area (Å²) in [5, 5.41) is 1.09. The number of fused-ring (bicyclic) bond motifs is 1. The van der Waals surface area contributed by atoms with Crippen LogP contribution >= 0.6 is 23.2 Å². The molecule has 1 aromatic rings. The van der Waals surface area contributed by atoms with Crippen molar-refractivity contribution in [2.24, 2.45) is 16.6 Å². The number of halogens is 2. The van der Waals surface area contributed by atoms with Gasteiger partial charge in [0.05, 0.1) is 0 Å². The molecule has 0 saturated carbocycles. The highest BCUT2D eigenvalue weighted by Crippen LogP contribution is 2.33. The summed E-state index contributed by atoms with van der Waals surface area (Å²) >= 11 is 12.3. The molecule has 3 aliphatic heterocycles. The topological polar surface area (TPSA) is 79.0 Å². The van der Waals surface area contributed by atoms with E-state index in [1.54, 1.807) is 6.07 Å². The number of likely N-dealkylation sites (tertiary alicyclic amines) is 1. The minimum atomic E-state index is -1.13. The summed E-state index contributed by atoms with van der Waals surface area (Å²) < 4.78 is 0. The van der Waals surface area contributed by atoms with E-state index in [1.165, 1.54) is 0 Å². The molecule has 0 aromatic heterocycles. The Labute approximate surface area is 174 Å². The van der Waals surface area contributed by atoms with Gasteiger partial charge in [0, 0.05) is 35.6 Å². The van der Waals surface area contributed by atoms with Crippen molar-refractivity contribution in [3.05, 3.63) is 46.1 Å². The van der Waals surface area contributed by atoms with Crippen molar-refractivity contribution < 1.29 is 9.59 Å². The van der Waals surface area contributed by atoms with Crippen LogP contribution in [0.4, 0.5) is 0 Å². The van der Waals surface area contributed by atoms with Crippen LogP contribution in [0.15, 0.2) is 35.5 Å². The lowest BCUT2D eigenvalue weighted by Crippen LogP contribution is -2.59. The van der Waals surface area contributed by atoms with Gasteiger partial charge in [0.25, 0.3) is 0 Å². The van der Waals surface area contributed by atoms with E-state index in [2.05, 4.69) is 16.0 Å². The molecule has 3 atom stereocenters. The van der Waals surface area contributed by atoms with Crippen LogP contribution in [-0.2, 0) is 16.1 Å². The van der Waals surface area contributed by atoms with Crippen molar-refractivity contribution >= 4 is 40.7 Å². The van der Waals surface area contributed by atoms with E-state index < -0.39 is 18.0 Å². The summed E-state index contributed by atoms with van der Waals surface area (Å²) in [6, 6.07) is 3.73. The molecule has 0 aliphatic carbocycles. The Kier molecular flexibility index (Phi) is 5.34. The van der Waals surface area contributed by atoms with Gasteiger partial charge in [0.2, 0.25) is 5.91 Å². The first-order valence-corrected chi connectivity index (χ1v) is 10.2. The van der Waals surface area contributed by atoms with Crippen LogP contribution in [0.25, 0.3) is 0 Å². The van der Waals surface area contributed by atoms with Crippen LogP contribution in [0.3, 0.4) is 0 Å². The number of amidine groups is 1. The number of ketones is 1. The molecule has 6 nitrogen and oxygen atoms in total. The van der Waals surface area contributed by atoms with Crippen molar-refractivity contribution in [2.75, 3.05) is 13.1 Å². The Balaban J connectivity index is 1.68. The zero-order chi connectivity index (χ0) is 19.8. The fourth-order valence-corrected chi connectivity index (χ4v) is 4.96. The number of carbonyl (C=O) groups excluding carboxylic acids is 2. The third-order valence-corrected chi connectivity index (χ3v) is 6.00. The van der Waals surface area contributed by atoms with Gasteiger partial charge in [-0.2, -0.15) is 0 Å². The maximum absolute atomic E-state index is 13.1. The third-order valence-electron chi connectivity index (χ3n) is 5.57. The molecule has 1 aromatic carbocycles. The van der Waals surface area contributed by atoms with Crippen molar-refractivity contribution in [1.29, 1.82) is 0 Å². The molecule has 3 aliphatic rings. The molecule has 0 bridgehead atoms. The van der Waals surface area contributed by atoms with Crippen LogP contribution in [0.5, 0.6) is 0 Å². The molecule has 1 saturated heterocycles. The van der Waals surface area contributed by atoms with Gasteiger partial charge < -0.3 is 15.5 Å². The van der Waals surface area contributed by atoms with Gasteiger partial charge in [-0.15, -0.1) is 0 Å². The van der Waals surface area contributed by atoms with Crippen molar-refractivity contribution in [2.45, 2.75) is 37.9 Å². The number of carbonyl (C=O) groups is 2. The number of nitrogens with zero attached hydrogens (tertiary/aromatic N) is 3. The summed E-state index contributed by atoms with van der Waals surface area (Å²) in [7, 11) is 0. The van der Waals surface area contributed by atoms with Gasteiger partial charge in [-0.3, -0.25) is 14.6 Å². The standard InChI is InChI=1S/C20H22Cl2N4O2/c21-13-8-12(9-14(22)10-13)11-26-7-3-4-15-17(26)18(27)16(19(23)28)24-20(15)25-5-1-2-6-25/h3,7-10,15-17H,1-2,4-6,11H2,(H2,23,28). The van der Waals surface area contributed by atoms with E-state index in [0.29, 0.717) is 23.0 Å². The van der Waals surface area contributed by atoms with Gasteiger partial charge in [0.1, 0.15) is 11.9 Å². The minimum Gasteiger partial charge on any atom is -0.367 e. The smallest absolute Gasteiger partial charge is 0.250 e. The molecule has 0 radical (unpaired) electrons. The SMILES string of the molecule is NC(=O)C1N=C(N2CCCC2)C2CC=CN(Cc3cc(Cl)cc(Cl)c3)C2C1=O. The van der Waals surface area contributed by atoms with E-state index in [4.69, 9.17) is 28.9 Å². The number of hydrogen-bond donors (Lipinski definition) is 1. The van der Waals surface area contributed by atoms with E-state index in [0.717, 1.165) is 37.3 Å². The average molecular weight is 421 g/mol. The summed E-state index contributed by atoms with van der Waals surface area (Å²) in [5.74, 6) is -0.177. The molecule has 148 valence electrons. The zero-order valence-electron chi connectivity index (χ0n) is 15.4. The average Bonchev–Trinajstić information content (AvgIpc) is 3.15. The van der Waals surface area contributed by atoms with Crippen LogP contribution in [0, 0.1) is 5.92 Å². The Bertz CT molecular complexity index is 844. The van der Waals surface area contributed by atoms with Crippen molar-refractivity contribution in [1.82, 2.24) is 9.80 Å². The molecule has 3 heterocycles. The molecule has 1 amide bonds. The summed E-state index contributed by atoms with van der Waals surface area (Å²) in [5.41, 5.74) is 6.42. The molecule has 3 unspecified atom stereocenters. The molecule has 0 spiro atoms. The first kappa shape index (κ1) is 19.3. The Morgan fingerprint density at radius 1 is 1.18 bits per heavy atom. The molecular formula is C20H22Cl2N4O2. The Morgan fingerprint density at radius 3 is 2.50 bits per heavy atom. The number of allylic oxidation sites excluding steroid dienone is 1. The van der Waals surface area contributed by atoms with Crippen LogP contribution in [0.1, 0.15) is 24.8 Å². The second-order valence-corrected chi connectivity index (χ2v) is 8.38. The van der Waals surface area contributed by atoms with Crippen LogP contribution in [0.2, 0.25) is 10.0 Å². The lowest BCUT2D eigenvalue weighted by molar-refractivity contribution is -0.132. The summed E-state index contributed by atoms with van der Waals surface area (Å²) in [6.45, 7) is 2.26. The molecule has 4 rings (SSSR count). The highest BCUT2D eigenvalue weighted by molar-refractivity contribution is 6.34. The van der Waals surface area contributed by atoms with E-state index in [1.807, 2.05) is 23.2 Å². The number of rotatable bonds is 3. The zero-order valence-corrected chi connectivity index (χ0v) is 16.9. The predicted octanol–water partition coefficient (Wildman–Crippen LogP) is 2.63. The number of Topliss-reactive ketones (excluding diaryl/α,β-unsaturated/α-hetero) is 1. The first-order chi connectivity index (χ1) is 13.4. The lowest BCUT2D eigenvalue weighted by atomic mass is 9.82. The van der Waals surface area contributed by atoms with Crippen LogP contribution in [-0.4, -0.2) is 52.5 Å². The largest absolute Gasteiger partial charge is 0.367 e. The molecule has 1 fully saturated rings. The van der Waals surface area contributed by atoms with Gasteiger partial charge in [-0.25, -0.2) is 0 Å². The second-order valence-electron chi connectivity index (χ2n) is 7.51. The number of benzene rings is 1. The predicted molar refractivity (Wildman–Crippen MR) is 109 cm³/mol. The Morgan fingerprint density at radius 2 is 1.86 bits per heavy atom. The van der Waals surface area contributed by atoms with Gasteiger partial charge in [0.15, 0.2) is 11.8 Å². The second kappa shape index (κ2) is 7.76. The molecule has 2 N–H and O–H groups in total. The molecular weight excluding hydrogens is 399 g/mol. The van der Waals surface area contributed by atoms with Gasteiger partial charge in [-0.1, -0.05) is 29.3 Å². The van der Waals surface area contributed by atoms with Gasteiger partial charge >= 0.3 is 0 Å². The van der Waals surface area contributed by atoms with Gasteiger partial charge in [-0.05, 0) is 49.2 Å². The van der Waals surface area contributed by atoms with Crippen molar-refractivity contribution in [3.63, 3.8) is 0 Å². The third kappa shape index (κ3) is 3.63. The first-order valence-electron chi connectivity index (χ1n) is 9.47. The maximum Gasteiger partial charge on any atom is 0.250 e. The lowest BCUT2D eigenvalue weighted by Gasteiger charge is -2.44. The molecule has 8 heteroatoms. The summed E-state index contributed by atoms with van der Waals surface area (Å²) in [6.07, 6.45) is 6.86. The van der Waals surface area contributed by atoms with E-state index >= 15 is 0 Å². The highest BCUT2D eigenvalue weighted by atomic mass is 35.5. The highest BCUT2D eigenvalue weighted by Gasteiger charge is 2.47. The fraction of sp³-hybridized carbons (Fsp3) is 0.450. The monoisotopic (exact) mass is 420 g/mol. The Hall–Kier alpha value is -2.05. The number of hydrogen-bond acceptors (Lipinski definition) is 5. The number of nitrogens with two attached hydrogens (primary N) is 1. The van der Waals surface area contributed by atoms with Crippen LogP contribution < -0.4 is 5.73 Å². The number of primary amides is 1. The number of amides is 1. The van der Waals surface area contributed by atoms with E-state index in [9.17, 15) is 9.59 Å². The fourth-order valence-electron chi connectivity index (χ4n) is 4.39. The normalized spacial score (nSPS) is 27.0. The van der Waals surface area contributed by atoms with Crippen molar-refractivity contribution in [3.8, 4) is 0 Å². The van der Waals surface area contributed by atoms with E-state index in [-0.39, 0.29) is 11.7 Å². The maximum atomic E-state index is 13.1. The summed E-state index contributed by atoms with van der Waals surface area (Å²) in [4.78, 5) is 33.8. The minimum absolute atomic E-state index is 0.0825.